The molecular formula is C13H20O4. The smallest absolute Gasteiger partial charge is 0.331 e. The first kappa shape index (κ1) is 13.7. The summed E-state index contributed by atoms with van der Waals surface area (Å²) in [6.45, 7) is 2.91. The Balaban J connectivity index is 2.45. The van der Waals surface area contributed by atoms with Crippen molar-refractivity contribution in [3.8, 4) is 0 Å². The number of esters is 2. The molecule has 1 aliphatic rings. The van der Waals surface area contributed by atoms with Gasteiger partial charge in [0.25, 0.3) is 0 Å². The molecule has 0 aromatic rings. The molecule has 1 heterocycles. The Morgan fingerprint density at radius 2 is 1.65 bits per heavy atom. The van der Waals surface area contributed by atoms with Gasteiger partial charge in [0, 0.05) is 12.2 Å². The minimum atomic E-state index is -0.481. The molecule has 0 aromatic carbocycles. The molecule has 0 amide bonds. The minimum Gasteiger partial charge on any atom is -0.463 e. The van der Waals surface area contributed by atoms with Gasteiger partial charge in [-0.05, 0) is 18.8 Å². The van der Waals surface area contributed by atoms with Crippen molar-refractivity contribution in [3.63, 3.8) is 0 Å². The topological polar surface area (TPSA) is 52.6 Å². The van der Waals surface area contributed by atoms with E-state index in [2.05, 4.69) is 6.92 Å². The van der Waals surface area contributed by atoms with Crippen molar-refractivity contribution in [2.75, 3.05) is 13.2 Å². The molecule has 0 aliphatic carbocycles. The van der Waals surface area contributed by atoms with Crippen molar-refractivity contribution in [3.05, 3.63) is 12.2 Å². The van der Waals surface area contributed by atoms with Crippen LogP contribution in [0.1, 0.15) is 39.0 Å². The van der Waals surface area contributed by atoms with Crippen LogP contribution in [0.2, 0.25) is 0 Å². The largest absolute Gasteiger partial charge is 0.463 e. The van der Waals surface area contributed by atoms with Crippen molar-refractivity contribution >= 4 is 11.9 Å². The van der Waals surface area contributed by atoms with E-state index in [4.69, 9.17) is 9.47 Å². The second kappa shape index (κ2) is 7.87. The van der Waals surface area contributed by atoms with E-state index < -0.39 is 11.9 Å². The predicted molar refractivity (Wildman–Crippen MR) is 63.3 cm³/mol. The summed E-state index contributed by atoms with van der Waals surface area (Å²) in [7, 11) is 0. The summed E-state index contributed by atoms with van der Waals surface area (Å²) < 4.78 is 9.94. The lowest BCUT2D eigenvalue weighted by Crippen LogP contribution is -2.11. The number of hydrogen-bond acceptors (Lipinski definition) is 4. The van der Waals surface area contributed by atoms with Crippen LogP contribution >= 0.6 is 0 Å². The van der Waals surface area contributed by atoms with E-state index in [0.29, 0.717) is 19.1 Å². The molecule has 1 unspecified atom stereocenters. The van der Waals surface area contributed by atoms with E-state index in [-0.39, 0.29) is 0 Å². The van der Waals surface area contributed by atoms with Crippen molar-refractivity contribution in [1.29, 1.82) is 0 Å². The fourth-order valence-corrected chi connectivity index (χ4v) is 1.66. The molecule has 0 saturated heterocycles. The normalized spacial score (nSPS) is 24.6. The molecule has 0 bridgehead atoms. The molecule has 1 rings (SSSR count). The predicted octanol–water partition coefficient (Wildman–Crippen LogP) is 2.23. The highest BCUT2D eigenvalue weighted by Gasteiger charge is 2.07. The van der Waals surface area contributed by atoms with E-state index in [9.17, 15) is 9.59 Å². The quantitative estimate of drug-likeness (QED) is 0.609. The van der Waals surface area contributed by atoms with E-state index in [0.717, 1.165) is 44.3 Å². The lowest BCUT2D eigenvalue weighted by atomic mass is 10.0. The lowest BCUT2D eigenvalue weighted by molar-refractivity contribution is -0.141. The van der Waals surface area contributed by atoms with Crippen molar-refractivity contribution in [1.82, 2.24) is 0 Å². The van der Waals surface area contributed by atoms with Crippen molar-refractivity contribution < 1.29 is 19.1 Å². The highest BCUT2D eigenvalue weighted by Crippen LogP contribution is 2.11. The highest BCUT2D eigenvalue weighted by atomic mass is 16.5. The molecule has 0 saturated carbocycles. The van der Waals surface area contributed by atoms with Crippen LogP contribution in [0.3, 0.4) is 0 Å². The van der Waals surface area contributed by atoms with Crippen LogP contribution in [-0.4, -0.2) is 25.2 Å². The van der Waals surface area contributed by atoms with Gasteiger partial charge in [0.15, 0.2) is 0 Å². The Hall–Kier alpha value is -1.32. The molecule has 1 aliphatic heterocycles. The van der Waals surface area contributed by atoms with Crippen LogP contribution in [-0.2, 0) is 19.1 Å². The Labute approximate surface area is 102 Å². The second-order valence-electron chi connectivity index (χ2n) is 4.44. The molecule has 4 heteroatoms. The fraction of sp³-hybridized carbons (Fsp3) is 0.692. The summed E-state index contributed by atoms with van der Waals surface area (Å²) in [5, 5.41) is 0. The second-order valence-corrected chi connectivity index (χ2v) is 4.44. The molecule has 0 spiro atoms. The van der Waals surface area contributed by atoms with Gasteiger partial charge in [-0.3, -0.25) is 0 Å². The summed E-state index contributed by atoms with van der Waals surface area (Å²) in [6, 6.07) is 0. The van der Waals surface area contributed by atoms with Gasteiger partial charge in [-0.1, -0.05) is 26.2 Å². The monoisotopic (exact) mass is 240 g/mol. The first-order valence-corrected chi connectivity index (χ1v) is 6.20. The van der Waals surface area contributed by atoms with Gasteiger partial charge < -0.3 is 9.47 Å². The van der Waals surface area contributed by atoms with Gasteiger partial charge in [0.1, 0.15) is 0 Å². The van der Waals surface area contributed by atoms with Gasteiger partial charge in [-0.15, -0.1) is 0 Å². The highest BCUT2D eigenvalue weighted by molar-refractivity contribution is 5.91. The first-order valence-electron chi connectivity index (χ1n) is 6.20. The Morgan fingerprint density at radius 1 is 1.00 bits per heavy atom. The summed E-state index contributed by atoms with van der Waals surface area (Å²) in [4.78, 5) is 22.4. The van der Waals surface area contributed by atoms with E-state index >= 15 is 0 Å². The third-order valence-corrected chi connectivity index (χ3v) is 2.70. The first-order chi connectivity index (χ1) is 8.18. The maximum absolute atomic E-state index is 11.2. The number of carbonyl (C=O) groups is 2. The molecule has 0 N–H and O–H groups in total. The number of carbonyl (C=O) groups excluding carboxylic acids is 2. The number of ether oxygens (including phenoxy) is 2. The van der Waals surface area contributed by atoms with E-state index in [1.165, 1.54) is 0 Å². The van der Waals surface area contributed by atoms with Crippen LogP contribution in [0.5, 0.6) is 0 Å². The third-order valence-electron chi connectivity index (χ3n) is 2.70. The van der Waals surface area contributed by atoms with Gasteiger partial charge in [-0.25, -0.2) is 9.59 Å². The number of rotatable bonds is 0. The summed E-state index contributed by atoms with van der Waals surface area (Å²) in [5.74, 6) is -0.583. The zero-order valence-electron chi connectivity index (χ0n) is 10.3. The SMILES string of the molecule is CC1CCCCCCOC(=O)C=CC(=O)OC1. The molecule has 4 nitrogen and oxygen atoms in total. The van der Waals surface area contributed by atoms with Crippen LogP contribution in [0, 0.1) is 5.92 Å². The van der Waals surface area contributed by atoms with Gasteiger partial charge in [0.2, 0.25) is 0 Å². The Bertz CT molecular complexity index is 283. The molecule has 0 radical (unpaired) electrons. The van der Waals surface area contributed by atoms with E-state index in [1.54, 1.807) is 0 Å². The Morgan fingerprint density at radius 3 is 2.41 bits per heavy atom. The molecule has 0 aromatic heterocycles. The van der Waals surface area contributed by atoms with Gasteiger partial charge in [-0.2, -0.15) is 0 Å². The average molecular weight is 240 g/mol. The Kier molecular flexibility index (Phi) is 6.37. The standard InChI is InChI=1S/C13H20O4/c1-11-6-4-2-3-5-9-16-12(14)7-8-13(15)17-10-11/h7-8,11H,2-6,9-10H2,1H3. The average Bonchev–Trinajstić information content (AvgIpc) is 2.31. The van der Waals surface area contributed by atoms with E-state index in [1.807, 2.05) is 0 Å². The minimum absolute atomic E-state index is 0.377. The molecular weight excluding hydrogens is 220 g/mol. The van der Waals surface area contributed by atoms with Crippen molar-refractivity contribution in [2.45, 2.75) is 39.0 Å². The molecule has 0 fully saturated rings. The zero-order chi connectivity index (χ0) is 12.5. The lowest BCUT2D eigenvalue weighted by Gasteiger charge is -2.11. The number of hydrogen-bond donors (Lipinski definition) is 0. The maximum Gasteiger partial charge on any atom is 0.331 e. The zero-order valence-corrected chi connectivity index (χ0v) is 10.3. The third kappa shape index (κ3) is 6.76. The number of cyclic esters (lactones) is 2. The molecule has 1 atom stereocenters. The van der Waals surface area contributed by atoms with Gasteiger partial charge >= 0.3 is 11.9 Å². The van der Waals surface area contributed by atoms with Crippen LogP contribution < -0.4 is 0 Å². The maximum atomic E-state index is 11.2. The van der Waals surface area contributed by atoms with Gasteiger partial charge in [0.05, 0.1) is 13.2 Å². The van der Waals surface area contributed by atoms with Crippen LogP contribution in [0.15, 0.2) is 12.2 Å². The summed E-state index contributed by atoms with van der Waals surface area (Å²) >= 11 is 0. The molecule has 17 heavy (non-hydrogen) atoms. The van der Waals surface area contributed by atoms with Crippen LogP contribution in [0.4, 0.5) is 0 Å². The fourth-order valence-electron chi connectivity index (χ4n) is 1.66. The summed E-state index contributed by atoms with van der Waals surface area (Å²) in [6.07, 6.45) is 7.53. The summed E-state index contributed by atoms with van der Waals surface area (Å²) in [5.41, 5.74) is 0. The van der Waals surface area contributed by atoms with Crippen LogP contribution in [0.25, 0.3) is 0 Å². The van der Waals surface area contributed by atoms with Crippen molar-refractivity contribution in [2.24, 2.45) is 5.92 Å². The molecule has 96 valence electrons.